The topological polar surface area (TPSA) is 20.2 Å². The summed E-state index contributed by atoms with van der Waals surface area (Å²) in [5.74, 6) is 5.82. The summed E-state index contributed by atoms with van der Waals surface area (Å²) >= 11 is 0. The zero-order chi connectivity index (χ0) is 11.6. The smallest absolute Gasteiger partial charge is 0.0549 e. The molecule has 1 nitrogen and oxygen atoms in total. The molecule has 0 aromatic heterocycles. The number of rotatable bonds is 6. The first kappa shape index (κ1) is 12.8. The Morgan fingerprint density at radius 3 is 2.62 bits per heavy atom. The average molecular weight is 216 g/mol. The Kier molecular flexibility index (Phi) is 6.37. The van der Waals surface area contributed by atoms with Crippen molar-refractivity contribution in [3.63, 3.8) is 0 Å². The Morgan fingerprint density at radius 2 is 1.94 bits per heavy atom. The van der Waals surface area contributed by atoms with Crippen molar-refractivity contribution >= 4 is 0 Å². The van der Waals surface area contributed by atoms with E-state index in [0.29, 0.717) is 0 Å². The van der Waals surface area contributed by atoms with Crippen LogP contribution in [0.4, 0.5) is 0 Å². The van der Waals surface area contributed by atoms with Crippen molar-refractivity contribution in [1.82, 2.24) is 0 Å². The van der Waals surface area contributed by atoms with Gasteiger partial charge in [-0.1, -0.05) is 30.3 Å². The van der Waals surface area contributed by atoms with Gasteiger partial charge in [0, 0.05) is 6.42 Å². The third-order valence-electron chi connectivity index (χ3n) is 2.62. The fourth-order valence-electron chi connectivity index (χ4n) is 1.69. The number of benzene rings is 1. The molecule has 0 amide bonds. The summed E-state index contributed by atoms with van der Waals surface area (Å²) < 4.78 is 0. The van der Waals surface area contributed by atoms with E-state index in [1.165, 1.54) is 5.56 Å². The first-order valence-corrected chi connectivity index (χ1v) is 5.94. The van der Waals surface area contributed by atoms with Gasteiger partial charge in [0.05, 0.1) is 6.10 Å². The summed E-state index contributed by atoms with van der Waals surface area (Å²) in [5, 5.41) is 9.69. The van der Waals surface area contributed by atoms with Crippen LogP contribution in [0.2, 0.25) is 0 Å². The molecule has 0 aliphatic heterocycles. The molecule has 0 fully saturated rings. The lowest BCUT2D eigenvalue weighted by Gasteiger charge is -2.08. The Labute approximate surface area is 98.5 Å². The van der Waals surface area contributed by atoms with E-state index in [0.717, 1.165) is 32.1 Å². The first-order valence-electron chi connectivity index (χ1n) is 5.94. The first-order chi connectivity index (χ1) is 7.83. The van der Waals surface area contributed by atoms with E-state index in [9.17, 15) is 5.11 Å². The number of aliphatic hydroxyl groups is 1. The predicted molar refractivity (Wildman–Crippen MR) is 68.1 cm³/mol. The monoisotopic (exact) mass is 216 g/mol. The lowest BCUT2D eigenvalue weighted by Crippen LogP contribution is -2.06. The van der Waals surface area contributed by atoms with Gasteiger partial charge in [-0.25, -0.2) is 0 Å². The van der Waals surface area contributed by atoms with E-state index >= 15 is 0 Å². The van der Waals surface area contributed by atoms with Crippen LogP contribution in [0.5, 0.6) is 0 Å². The van der Waals surface area contributed by atoms with Gasteiger partial charge in [-0.05, 0) is 38.2 Å². The molecule has 0 saturated heterocycles. The van der Waals surface area contributed by atoms with Gasteiger partial charge in [0.1, 0.15) is 0 Å². The van der Waals surface area contributed by atoms with Crippen LogP contribution >= 0.6 is 0 Å². The minimum atomic E-state index is -0.190. The molecule has 86 valence electrons. The third kappa shape index (κ3) is 5.58. The quantitative estimate of drug-likeness (QED) is 0.724. The van der Waals surface area contributed by atoms with Gasteiger partial charge in [-0.15, -0.1) is 11.8 Å². The second-order valence-corrected chi connectivity index (χ2v) is 4.00. The Balaban J connectivity index is 2.12. The van der Waals surface area contributed by atoms with Crippen LogP contribution < -0.4 is 0 Å². The largest absolute Gasteiger partial charge is 0.393 e. The van der Waals surface area contributed by atoms with Gasteiger partial charge < -0.3 is 5.11 Å². The lowest BCUT2D eigenvalue weighted by atomic mass is 10.0. The highest BCUT2D eigenvalue weighted by Crippen LogP contribution is 2.09. The van der Waals surface area contributed by atoms with E-state index < -0.39 is 0 Å². The van der Waals surface area contributed by atoms with Crippen LogP contribution in [0.1, 0.15) is 38.2 Å². The zero-order valence-corrected chi connectivity index (χ0v) is 9.95. The minimum absolute atomic E-state index is 0.190. The maximum atomic E-state index is 9.69. The van der Waals surface area contributed by atoms with E-state index in [1.807, 2.05) is 13.0 Å². The Morgan fingerprint density at radius 1 is 1.19 bits per heavy atom. The molecule has 0 bridgehead atoms. The van der Waals surface area contributed by atoms with Crippen molar-refractivity contribution in [3.8, 4) is 11.8 Å². The van der Waals surface area contributed by atoms with Crippen molar-refractivity contribution in [2.45, 2.75) is 45.1 Å². The zero-order valence-electron chi connectivity index (χ0n) is 9.95. The average Bonchev–Trinajstić information content (AvgIpc) is 2.31. The van der Waals surface area contributed by atoms with Crippen LogP contribution in [0.15, 0.2) is 30.3 Å². The fraction of sp³-hybridized carbons (Fsp3) is 0.467. The molecular formula is C15H20O. The summed E-state index contributed by atoms with van der Waals surface area (Å²) in [7, 11) is 0. The van der Waals surface area contributed by atoms with Crippen LogP contribution in [0, 0.1) is 11.8 Å². The van der Waals surface area contributed by atoms with Crippen molar-refractivity contribution < 1.29 is 5.11 Å². The van der Waals surface area contributed by atoms with Crippen LogP contribution in [0.3, 0.4) is 0 Å². The Hall–Kier alpha value is -1.26. The van der Waals surface area contributed by atoms with Gasteiger partial charge >= 0.3 is 0 Å². The van der Waals surface area contributed by atoms with Gasteiger partial charge in [0.2, 0.25) is 0 Å². The molecule has 1 unspecified atom stereocenters. The van der Waals surface area contributed by atoms with Crippen LogP contribution in [-0.2, 0) is 6.42 Å². The summed E-state index contributed by atoms with van der Waals surface area (Å²) in [6.07, 6.45) is 4.39. The molecule has 0 radical (unpaired) electrons. The summed E-state index contributed by atoms with van der Waals surface area (Å²) in [4.78, 5) is 0. The molecule has 1 aromatic carbocycles. The standard InChI is InChI=1S/C15H20O/c1-2-3-5-12-15(16)13-8-11-14-9-6-4-7-10-14/h4,6-7,9-10,15-16H,5,8,11-13H2,1H3. The van der Waals surface area contributed by atoms with Gasteiger partial charge in [0.25, 0.3) is 0 Å². The van der Waals surface area contributed by atoms with E-state index in [1.54, 1.807) is 0 Å². The second-order valence-electron chi connectivity index (χ2n) is 4.00. The molecule has 0 heterocycles. The van der Waals surface area contributed by atoms with Crippen molar-refractivity contribution in [2.75, 3.05) is 0 Å². The lowest BCUT2D eigenvalue weighted by molar-refractivity contribution is 0.154. The third-order valence-corrected chi connectivity index (χ3v) is 2.62. The fourth-order valence-corrected chi connectivity index (χ4v) is 1.69. The molecule has 0 aliphatic rings. The maximum absolute atomic E-state index is 9.69. The second kappa shape index (κ2) is 7.96. The van der Waals surface area contributed by atoms with Gasteiger partial charge in [0.15, 0.2) is 0 Å². The highest BCUT2D eigenvalue weighted by atomic mass is 16.3. The molecule has 1 heteroatoms. The SMILES string of the molecule is CC#CCCC(O)CCCc1ccccc1. The normalized spacial score (nSPS) is 11.6. The van der Waals surface area contributed by atoms with Crippen molar-refractivity contribution in [2.24, 2.45) is 0 Å². The molecular weight excluding hydrogens is 196 g/mol. The molecule has 1 atom stereocenters. The molecule has 0 saturated carbocycles. The Bertz CT molecular complexity index is 331. The molecule has 0 aliphatic carbocycles. The minimum Gasteiger partial charge on any atom is -0.393 e. The number of hydrogen-bond donors (Lipinski definition) is 1. The molecule has 16 heavy (non-hydrogen) atoms. The van der Waals surface area contributed by atoms with E-state index in [4.69, 9.17) is 0 Å². The molecule has 1 aromatic rings. The van der Waals surface area contributed by atoms with Crippen LogP contribution in [0.25, 0.3) is 0 Å². The molecule has 0 spiro atoms. The summed E-state index contributed by atoms with van der Waals surface area (Å²) in [6, 6.07) is 10.4. The number of aryl methyl sites for hydroxylation is 1. The molecule has 1 N–H and O–H groups in total. The van der Waals surface area contributed by atoms with Crippen molar-refractivity contribution in [3.05, 3.63) is 35.9 Å². The highest BCUT2D eigenvalue weighted by Gasteiger charge is 2.02. The predicted octanol–water partition coefficient (Wildman–Crippen LogP) is 3.17. The van der Waals surface area contributed by atoms with E-state index in [-0.39, 0.29) is 6.10 Å². The summed E-state index contributed by atoms with van der Waals surface area (Å²) in [5.41, 5.74) is 1.35. The van der Waals surface area contributed by atoms with Gasteiger partial charge in [-0.3, -0.25) is 0 Å². The van der Waals surface area contributed by atoms with Crippen molar-refractivity contribution in [1.29, 1.82) is 0 Å². The maximum Gasteiger partial charge on any atom is 0.0549 e. The van der Waals surface area contributed by atoms with Gasteiger partial charge in [-0.2, -0.15) is 0 Å². The van der Waals surface area contributed by atoms with E-state index in [2.05, 4.69) is 36.1 Å². The summed E-state index contributed by atoms with van der Waals surface area (Å²) in [6.45, 7) is 1.84. The van der Waals surface area contributed by atoms with Crippen LogP contribution in [-0.4, -0.2) is 11.2 Å². The number of aliphatic hydroxyl groups excluding tert-OH is 1. The highest BCUT2D eigenvalue weighted by molar-refractivity contribution is 5.14. The molecule has 1 rings (SSSR count). The number of hydrogen-bond acceptors (Lipinski definition) is 1.